The lowest BCUT2D eigenvalue weighted by Gasteiger charge is -2.44. The highest BCUT2D eigenvalue weighted by Gasteiger charge is 2.48. The van der Waals surface area contributed by atoms with Gasteiger partial charge in [-0.15, -0.1) is 11.3 Å². The van der Waals surface area contributed by atoms with Crippen LogP contribution < -0.4 is 31.3 Å². The Kier molecular flexibility index (Phi) is 4.61. The molecule has 60 heavy (non-hydrogen) atoms. The average molecular weight is 826 g/mol. The summed E-state index contributed by atoms with van der Waals surface area (Å²) in [5.41, 5.74) is -9.12. The van der Waals surface area contributed by atoms with Crippen molar-refractivity contribution in [2.45, 2.75) is 78.6 Å². The third kappa shape index (κ3) is 6.27. The smallest absolute Gasteiger partial charge is 0.297 e. The number of para-hydroxylation sites is 2. The summed E-state index contributed by atoms with van der Waals surface area (Å²) in [6, 6.07) is -16.1. The molecule has 0 bridgehead atoms. The number of hydrogen-bond donors (Lipinski definition) is 0. The van der Waals surface area contributed by atoms with Gasteiger partial charge in [0.15, 0.2) is 0 Å². The molecule has 0 fully saturated rings. The fourth-order valence-corrected chi connectivity index (χ4v) is 8.09. The molecule has 4 heterocycles. The van der Waals surface area contributed by atoms with E-state index in [9.17, 15) is 21.9 Å². The van der Waals surface area contributed by atoms with Crippen LogP contribution >= 0.6 is 11.3 Å². The van der Waals surface area contributed by atoms with Crippen LogP contribution in [0.25, 0.3) is 10.1 Å². The van der Waals surface area contributed by atoms with Gasteiger partial charge in [0, 0.05) is 50.1 Å². The Labute approximate surface area is 393 Å². The maximum Gasteiger partial charge on any atom is 0.297 e. The molecular formula is C54H52BN3OS. The first-order valence-corrected chi connectivity index (χ1v) is 20.1. The number of nitrogens with zero attached hydrogens (tertiary/aromatic N) is 3. The van der Waals surface area contributed by atoms with Gasteiger partial charge in [0.1, 0.15) is 1.37 Å². The van der Waals surface area contributed by atoms with E-state index in [2.05, 4.69) is 0 Å². The Morgan fingerprint density at radius 1 is 0.583 bits per heavy atom. The topological polar surface area (TPSA) is 22.9 Å². The number of benzene rings is 6. The highest BCUT2D eigenvalue weighted by molar-refractivity contribution is 7.17. The summed E-state index contributed by atoms with van der Waals surface area (Å²) >= 11 is 0.638. The zero-order valence-corrected chi connectivity index (χ0v) is 35.1. The molecule has 8 aromatic rings. The molecular weight excluding hydrogens is 749 g/mol. The summed E-state index contributed by atoms with van der Waals surface area (Å²) in [7, 11) is 0. The van der Waals surface area contributed by atoms with E-state index in [1.807, 2.05) is 0 Å². The van der Waals surface area contributed by atoms with Crippen molar-refractivity contribution >= 4 is 95.9 Å². The highest BCUT2D eigenvalue weighted by Crippen LogP contribution is 2.51. The largest absolute Gasteiger partial charge is 0.476 e. The minimum Gasteiger partial charge on any atom is -0.476 e. The predicted molar refractivity (Wildman–Crippen MR) is 259 cm³/mol. The number of fused-ring (bicyclic) bond motifs is 5. The lowest BCUT2D eigenvalue weighted by molar-refractivity contribution is 0.552. The molecule has 0 radical (unpaired) electrons. The van der Waals surface area contributed by atoms with Crippen LogP contribution in [0.3, 0.4) is 0 Å². The first kappa shape index (κ1) is 20.1. The molecule has 10 rings (SSSR count). The summed E-state index contributed by atoms with van der Waals surface area (Å²) in [6.45, 7) is 13.5. The van der Waals surface area contributed by atoms with Gasteiger partial charge in [-0.2, -0.15) is 0 Å². The van der Waals surface area contributed by atoms with Crippen LogP contribution in [-0.4, -0.2) is 6.71 Å². The highest BCUT2D eigenvalue weighted by atomic mass is 32.1. The van der Waals surface area contributed by atoms with Crippen molar-refractivity contribution in [2.75, 3.05) is 14.7 Å². The number of rotatable bonds is 5. The minimum absolute atomic E-state index is 0.0118. The van der Waals surface area contributed by atoms with Crippen molar-refractivity contribution in [3.05, 3.63) is 167 Å². The second kappa shape index (κ2) is 13.8. The third-order valence-corrected chi connectivity index (χ3v) is 11.1. The first-order valence-electron chi connectivity index (χ1n) is 31.3. The number of thiophene rings is 1. The van der Waals surface area contributed by atoms with Gasteiger partial charge in [-0.05, 0) is 122 Å². The summed E-state index contributed by atoms with van der Waals surface area (Å²) in [5.74, 6) is 0. The third-order valence-electron chi connectivity index (χ3n) is 10.4. The molecule has 0 saturated carbocycles. The summed E-state index contributed by atoms with van der Waals surface area (Å²) < 4.78 is 234. The molecule has 6 aromatic carbocycles. The van der Waals surface area contributed by atoms with Crippen LogP contribution in [0, 0.1) is 0 Å². The molecule has 0 aliphatic carbocycles. The second-order valence-electron chi connectivity index (χ2n) is 17.7. The molecule has 6 heteroatoms. The fraction of sp³-hybridized carbons (Fsp3) is 0.222. The molecule has 298 valence electrons. The van der Waals surface area contributed by atoms with E-state index in [0.717, 1.165) is 11.0 Å². The minimum atomic E-state index is -1.67. The van der Waals surface area contributed by atoms with Crippen molar-refractivity contribution < 1.29 is 37.3 Å². The molecule has 0 spiro atoms. The Morgan fingerprint density at radius 2 is 1.15 bits per heavy atom. The maximum atomic E-state index is 10.8. The van der Waals surface area contributed by atoms with Gasteiger partial charge in [-0.3, -0.25) is 0 Å². The molecule has 2 aromatic heterocycles. The fourth-order valence-electron chi connectivity index (χ4n) is 7.48. The van der Waals surface area contributed by atoms with Crippen molar-refractivity contribution in [2.24, 2.45) is 0 Å². The van der Waals surface area contributed by atoms with Gasteiger partial charge in [-0.25, -0.2) is 0 Å². The Hall–Kier alpha value is -5.98. The number of hydrogen-bond acceptors (Lipinski definition) is 5. The van der Waals surface area contributed by atoms with Gasteiger partial charge in [0.2, 0.25) is 0 Å². The first-order chi connectivity index (χ1) is 38.7. The van der Waals surface area contributed by atoms with Gasteiger partial charge in [-0.1, -0.05) is 129 Å². The zero-order chi connectivity index (χ0) is 62.6. The van der Waals surface area contributed by atoms with E-state index < -0.39 is 202 Å². The lowest BCUT2D eigenvalue weighted by Crippen LogP contribution is -2.61. The lowest BCUT2D eigenvalue weighted by atomic mass is 9.35. The molecule has 2 aliphatic heterocycles. The van der Waals surface area contributed by atoms with Gasteiger partial charge in [0.25, 0.3) is 6.71 Å². The maximum absolute atomic E-state index is 10.8. The Balaban J connectivity index is 1.58. The molecule has 0 N–H and O–H groups in total. The van der Waals surface area contributed by atoms with Crippen molar-refractivity contribution in [1.29, 1.82) is 0 Å². The quantitative estimate of drug-likeness (QED) is 0.161. The van der Waals surface area contributed by atoms with Crippen molar-refractivity contribution in [3.8, 4) is 0 Å². The van der Waals surface area contributed by atoms with Gasteiger partial charge in [0.05, 0.1) is 54.8 Å². The molecule has 0 atom stereocenters. The summed E-state index contributed by atoms with van der Waals surface area (Å²) in [4.78, 5) is 2.88. The van der Waals surface area contributed by atoms with Crippen molar-refractivity contribution in [3.63, 3.8) is 0 Å². The molecule has 2 aliphatic rings. The molecule has 0 saturated heterocycles. The van der Waals surface area contributed by atoms with E-state index in [4.69, 9.17) is 15.4 Å². The second-order valence-corrected chi connectivity index (χ2v) is 18.5. The molecule has 4 nitrogen and oxygen atoms in total. The Bertz CT molecular complexity index is 4120. The Morgan fingerprint density at radius 3 is 1.70 bits per heavy atom. The molecule has 0 amide bonds. The van der Waals surface area contributed by atoms with Crippen LogP contribution in [0.2, 0.25) is 0 Å². The van der Waals surface area contributed by atoms with Crippen molar-refractivity contribution in [1.82, 2.24) is 0 Å². The number of furan rings is 1. The monoisotopic (exact) mass is 826 g/mol. The van der Waals surface area contributed by atoms with E-state index >= 15 is 0 Å². The average Bonchev–Trinajstić information content (AvgIpc) is 1.12. The number of anilines is 9. The van der Waals surface area contributed by atoms with Crippen LogP contribution in [0.15, 0.2) is 155 Å². The standard InChI is InChI=1S/C54H52BN3OS/c1-52(2,3)36-20-24-40(25-21-36)57-45-33-48-35(28-29-60-48)30-44(45)55-49-46(57)31-42(56(38-16-12-10-13-17-38)39-18-14-11-15-19-39)32-47(49)58(41-26-22-37(23-27-41)53(4,5)6)50-43(54(7,8)9)34-59-51(50)55/h10-34H,1-9H3/i10D,11D,12D,13D,14D,15D,16D,17D,18D,19D,20D,21D,22D,23D,24D,25D,26D,27D,28D,29D,30D,31D,33D,34D. The van der Waals surface area contributed by atoms with Crippen LogP contribution in [0.1, 0.15) is 112 Å². The molecule has 0 unspecified atom stereocenters. The predicted octanol–water partition coefficient (Wildman–Crippen LogP) is 13.9. The van der Waals surface area contributed by atoms with E-state index in [1.165, 1.54) is 4.90 Å². The SMILES string of the molecule is [2H]c1oc2c(c1C(C)(C)C)N(c1c([2H])c([2H])c(C(C)(C)C)c([2H])c1[2H])c1cc(N(c3c([2H])c([2H])c([2H])c([2H])c3[2H])c3c([2H])c([2H])c([2H])c([2H])c3[2H])c([2H])c3c1B2c1c(c([2H])c2sc([2H])c([2H])c2c1[2H])N3c1c([2H])c([2H])c(C(C)(C)C)c([2H])c1[2H]. The van der Waals surface area contributed by atoms with Crippen LogP contribution in [-0.2, 0) is 16.2 Å². The van der Waals surface area contributed by atoms with Crippen LogP contribution in [0.4, 0.5) is 51.2 Å². The van der Waals surface area contributed by atoms with E-state index in [1.54, 1.807) is 62.3 Å². The van der Waals surface area contributed by atoms with Gasteiger partial charge < -0.3 is 19.1 Å². The summed E-state index contributed by atoms with van der Waals surface area (Å²) in [5, 5.41) is -0.583. The van der Waals surface area contributed by atoms with E-state index in [-0.39, 0.29) is 60.1 Å². The van der Waals surface area contributed by atoms with Gasteiger partial charge >= 0.3 is 0 Å². The summed E-state index contributed by atoms with van der Waals surface area (Å²) in [6.07, 6.45) is -0.523. The zero-order valence-electron chi connectivity index (χ0n) is 58.3. The van der Waals surface area contributed by atoms with E-state index in [0.29, 0.717) is 16.2 Å². The normalized spacial score (nSPS) is 19.2. The van der Waals surface area contributed by atoms with Crippen LogP contribution in [0.5, 0.6) is 0 Å².